The molecule has 0 aliphatic rings. The Labute approximate surface area is 147 Å². The molecule has 0 radical (unpaired) electrons. The van der Waals surface area contributed by atoms with Crippen molar-refractivity contribution in [2.45, 2.75) is 76.9 Å². The SMILES string of the molecule is CCCCCCCCCCCCOOS(=O)(=O)Cc1ccccc1. The zero-order valence-electron chi connectivity index (χ0n) is 14.9. The van der Waals surface area contributed by atoms with E-state index in [-0.39, 0.29) is 5.75 Å². The summed E-state index contributed by atoms with van der Waals surface area (Å²) in [6, 6.07) is 8.95. The maximum Gasteiger partial charge on any atom is 0.297 e. The molecule has 24 heavy (non-hydrogen) atoms. The summed E-state index contributed by atoms with van der Waals surface area (Å²) in [5.74, 6) is -0.161. The van der Waals surface area contributed by atoms with Crippen molar-refractivity contribution in [2.24, 2.45) is 0 Å². The standard InChI is InChI=1S/C19H32O4S/c1-2-3-4-5-6-7-8-9-10-14-17-22-23-24(20,21)18-19-15-12-11-13-16-19/h11-13,15-16H,2-10,14,17-18H2,1H3. The highest BCUT2D eigenvalue weighted by atomic mass is 32.2. The first-order chi connectivity index (χ1) is 11.6. The van der Waals surface area contributed by atoms with Gasteiger partial charge in [-0.15, -0.1) is 4.33 Å². The van der Waals surface area contributed by atoms with Crippen LogP contribution in [-0.2, 0) is 25.1 Å². The summed E-state index contributed by atoms with van der Waals surface area (Å²) in [6.45, 7) is 2.56. The highest BCUT2D eigenvalue weighted by Crippen LogP contribution is 2.11. The molecule has 1 aromatic carbocycles. The smallest absolute Gasteiger partial charge is 0.220 e. The lowest BCUT2D eigenvalue weighted by molar-refractivity contribution is -0.202. The third-order valence-electron chi connectivity index (χ3n) is 3.92. The zero-order chi connectivity index (χ0) is 17.5. The van der Waals surface area contributed by atoms with Crippen LogP contribution in [0.25, 0.3) is 0 Å². The molecule has 0 heterocycles. The van der Waals surface area contributed by atoms with Crippen molar-refractivity contribution in [3.8, 4) is 0 Å². The van der Waals surface area contributed by atoms with Crippen LogP contribution in [0.15, 0.2) is 30.3 Å². The Morgan fingerprint density at radius 3 is 1.92 bits per heavy atom. The van der Waals surface area contributed by atoms with Crippen molar-refractivity contribution in [3.05, 3.63) is 35.9 Å². The van der Waals surface area contributed by atoms with Crippen LogP contribution >= 0.6 is 0 Å². The van der Waals surface area contributed by atoms with Crippen LogP contribution in [0.1, 0.15) is 76.7 Å². The summed E-state index contributed by atoms with van der Waals surface area (Å²) in [4.78, 5) is 4.85. The van der Waals surface area contributed by atoms with E-state index in [1.165, 1.54) is 51.4 Å². The number of benzene rings is 1. The van der Waals surface area contributed by atoms with Gasteiger partial charge in [-0.2, -0.15) is 8.42 Å². The van der Waals surface area contributed by atoms with E-state index >= 15 is 0 Å². The third-order valence-corrected chi connectivity index (χ3v) is 4.91. The second kappa shape index (κ2) is 13.4. The van der Waals surface area contributed by atoms with Gasteiger partial charge in [0.1, 0.15) is 5.75 Å². The average Bonchev–Trinajstić information content (AvgIpc) is 2.56. The van der Waals surface area contributed by atoms with E-state index in [1.54, 1.807) is 24.3 Å². The molecule has 0 N–H and O–H groups in total. The highest BCUT2D eigenvalue weighted by molar-refractivity contribution is 7.85. The molecule has 0 fully saturated rings. The van der Waals surface area contributed by atoms with Crippen molar-refractivity contribution < 1.29 is 17.6 Å². The first-order valence-corrected chi connectivity index (χ1v) is 10.8. The number of rotatable bonds is 15. The maximum absolute atomic E-state index is 11.7. The Bertz CT molecular complexity index is 499. The maximum atomic E-state index is 11.7. The largest absolute Gasteiger partial charge is 0.297 e. The molecule has 0 saturated heterocycles. The van der Waals surface area contributed by atoms with E-state index in [0.717, 1.165) is 12.8 Å². The summed E-state index contributed by atoms with van der Waals surface area (Å²) < 4.78 is 28.1. The fourth-order valence-corrected chi connectivity index (χ4v) is 3.42. The second-order valence-corrected chi connectivity index (χ2v) is 7.80. The number of hydrogen-bond acceptors (Lipinski definition) is 4. The minimum Gasteiger partial charge on any atom is -0.220 e. The fraction of sp³-hybridized carbons (Fsp3) is 0.684. The highest BCUT2D eigenvalue weighted by Gasteiger charge is 2.13. The monoisotopic (exact) mass is 356 g/mol. The summed E-state index contributed by atoms with van der Waals surface area (Å²) in [7, 11) is -3.67. The van der Waals surface area contributed by atoms with E-state index in [4.69, 9.17) is 4.89 Å². The summed E-state index contributed by atoms with van der Waals surface area (Å²) in [5, 5.41) is 0. The van der Waals surface area contributed by atoms with E-state index in [9.17, 15) is 8.42 Å². The van der Waals surface area contributed by atoms with Gasteiger partial charge < -0.3 is 0 Å². The molecule has 5 heteroatoms. The number of unbranched alkanes of at least 4 members (excludes halogenated alkanes) is 9. The van der Waals surface area contributed by atoms with E-state index in [2.05, 4.69) is 11.3 Å². The van der Waals surface area contributed by atoms with Crippen molar-refractivity contribution in [2.75, 3.05) is 6.61 Å². The van der Waals surface area contributed by atoms with Crippen LogP contribution in [-0.4, -0.2) is 15.0 Å². The molecule has 1 rings (SSSR count). The molecule has 1 aromatic rings. The van der Waals surface area contributed by atoms with Crippen molar-refractivity contribution in [1.29, 1.82) is 0 Å². The molecule has 0 aromatic heterocycles. The normalized spacial score (nSPS) is 11.7. The van der Waals surface area contributed by atoms with Gasteiger partial charge >= 0.3 is 0 Å². The number of hydrogen-bond donors (Lipinski definition) is 0. The van der Waals surface area contributed by atoms with Gasteiger partial charge in [0.15, 0.2) is 0 Å². The van der Waals surface area contributed by atoms with Crippen LogP contribution in [0.5, 0.6) is 0 Å². The van der Waals surface area contributed by atoms with Gasteiger partial charge in [0, 0.05) is 0 Å². The van der Waals surface area contributed by atoms with E-state index in [1.807, 2.05) is 6.07 Å². The van der Waals surface area contributed by atoms with Crippen LogP contribution in [0.4, 0.5) is 0 Å². The lowest BCUT2D eigenvalue weighted by atomic mass is 10.1. The Morgan fingerprint density at radius 2 is 1.33 bits per heavy atom. The Balaban J connectivity index is 1.94. The van der Waals surface area contributed by atoms with E-state index < -0.39 is 10.1 Å². The predicted molar refractivity (Wildman–Crippen MR) is 97.9 cm³/mol. The quantitative estimate of drug-likeness (QED) is 0.240. The summed E-state index contributed by atoms with van der Waals surface area (Å²) in [6.07, 6.45) is 12.3. The molecule has 0 atom stereocenters. The second-order valence-electron chi connectivity index (χ2n) is 6.26. The Kier molecular flexibility index (Phi) is 11.8. The fourth-order valence-electron chi connectivity index (χ4n) is 2.56. The minimum absolute atomic E-state index is 0.161. The van der Waals surface area contributed by atoms with Gasteiger partial charge in [0.05, 0.1) is 6.61 Å². The summed E-state index contributed by atoms with van der Waals surface area (Å²) >= 11 is 0. The molecular formula is C19H32O4S. The Hall–Kier alpha value is -0.910. The van der Waals surface area contributed by atoms with Crippen molar-refractivity contribution in [3.63, 3.8) is 0 Å². The van der Waals surface area contributed by atoms with Gasteiger partial charge in [-0.05, 0) is 12.0 Å². The molecular weight excluding hydrogens is 324 g/mol. The van der Waals surface area contributed by atoms with Crippen LogP contribution < -0.4 is 0 Å². The molecule has 0 unspecified atom stereocenters. The molecule has 0 spiro atoms. The van der Waals surface area contributed by atoms with Gasteiger partial charge in [-0.1, -0.05) is 95.0 Å². The minimum atomic E-state index is -3.67. The third kappa shape index (κ3) is 11.6. The molecule has 0 aliphatic carbocycles. The molecule has 0 amide bonds. The summed E-state index contributed by atoms with van der Waals surface area (Å²) in [5.41, 5.74) is 0.694. The van der Waals surface area contributed by atoms with Crippen LogP contribution in [0, 0.1) is 0 Å². The van der Waals surface area contributed by atoms with Crippen LogP contribution in [0.3, 0.4) is 0 Å². The van der Waals surface area contributed by atoms with Gasteiger partial charge in [-0.3, -0.25) is 0 Å². The zero-order valence-corrected chi connectivity index (χ0v) is 15.7. The first-order valence-electron chi connectivity index (χ1n) is 9.22. The molecule has 4 nitrogen and oxygen atoms in total. The molecule has 138 valence electrons. The average molecular weight is 357 g/mol. The van der Waals surface area contributed by atoms with Crippen LogP contribution in [0.2, 0.25) is 0 Å². The van der Waals surface area contributed by atoms with Gasteiger partial charge in [0.25, 0.3) is 10.1 Å². The van der Waals surface area contributed by atoms with Gasteiger partial charge in [-0.25, -0.2) is 4.89 Å². The van der Waals surface area contributed by atoms with E-state index in [0.29, 0.717) is 12.2 Å². The van der Waals surface area contributed by atoms with Gasteiger partial charge in [0.2, 0.25) is 0 Å². The van der Waals surface area contributed by atoms with Crippen molar-refractivity contribution in [1.82, 2.24) is 0 Å². The lowest BCUT2D eigenvalue weighted by Gasteiger charge is -2.05. The first kappa shape index (κ1) is 21.1. The molecule has 0 saturated carbocycles. The Morgan fingerprint density at radius 1 is 0.792 bits per heavy atom. The predicted octanol–water partition coefficient (Wildman–Crippen LogP) is 5.39. The molecule has 0 aliphatic heterocycles. The lowest BCUT2D eigenvalue weighted by Crippen LogP contribution is -2.10. The van der Waals surface area contributed by atoms with Crippen molar-refractivity contribution >= 4 is 10.1 Å². The topological polar surface area (TPSA) is 52.6 Å². The molecule has 0 bridgehead atoms.